The van der Waals surface area contributed by atoms with Gasteiger partial charge in [-0.25, -0.2) is 0 Å². The third-order valence-corrected chi connectivity index (χ3v) is 2.61. The summed E-state index contributed by atoms with van der Waals surface area (Å²) in [5, 5.41) is 14.1. The fourth-order valence-corrected chi connectivity index (χ4v) is 1.60. The van der Waals surface area contributed by atoms with Crippen LogP contribution in [-0.2, 0) is 6.42 Å². The van der Waals surface area contributed by atoms with Crippen molar-refractivity contribution in [1.29, 1.82) is 0 Å². The van der Waals surface area contributed by atoms with Gasteiger partial charge in [0.25, 0.3) is 0 Å². The van der Waals surface area contributed by atoms with E-state index in [2.05, 4.69) is 20.6 Å². The van der Waals surface area contributed by atoms with Crippen LogP contribution in [0.5, 0.6) is 0 Å². The van der Waals surface area contributed by atoms with Crippen LogP contribution in [0.2, 0.25) is 5.02 Å². The quantitative estimate of drug-likeness (QED) is 0.825. The van der Waals surface area contributed by atoms with Gasteiger partial charge in [-0.05, 0) is 30.7 Å². The van der Waals surface area contributed by atoms with Crippen molar-refractivity contribution in [3.05, 3.63) is 40.7 Å². The van der Waals surface area contributed by atoms with Crippen LogP contribution >= 0.6 is 11.6 Å². The van der Waals surface area contributed by atoms with Crippen molar-refractivity contribution in [2.45, 2.75) is 19.3 Å². The number of hydrogen-bond acceptors (Lipinski definition) is 4. The number of H-pyrrole nitrogens is 1. The number of aromatic nitrogens is 4. The predicted molar refractivity (Wildman–Crippen MR) is 62.9 cm³/mol. The highest BCUT2D eigenvalue weighted by Crippen LogP contribution is 2.12. The number of hydrogen-bond donors (Lipinski definition) is 1. The molecule has 1 heterocycles. The van der Waals surface area contributed by atoms with Crippen molar-refractivity contribution >= 4 is 17.4 Å². The minimum Gasteiger partial charge on any atom is -0.294 e. The molecule has 0 bridgehead atoms. The van der Waals surface area contributed by atoms with Crippen LogP contribution in [0.25, 0.3) is 0 Å². The number of nitrogens with one attached hydrogen (secondary N) is 1. The van der Waals surface area contributed by atoms with Crippen LogP contribution in [0.15, 0.2) is 24.3 Å². The summed E-state index contributed by atoms with van der Waals surface area (Å²) in [6, 6.07) is 6.90. The summed E-state index contributed by atoms with van der Waals surface area (Å²) in [5.74, 6) is 0.735. The first-order valence-electron chi connectivity index (χ1n) is 5.27. The molecule has 5 nitrogen and oxygen atoms in total. The number of aromatic amines is 1. The van der Waals surface area contributed by atoms with E-state index < -0.39 is 0 Å². The molecule has 0 saturated carbocycles. The summed E-state index contributed by atoms with van der Waals surface area (Å²) in [5.41, 5.74) is 0.683. The van der Waals surface area contributed by atoms with Crippen molar-refractivity contribution in [2.75, 3.05) is 0 Å². The molecule has 1 aromatic carbocycles. The third kappa shape index (κ3) is 3.35. The van der Waals surface area contributed by atoms with E-state index in [-0.39, 0.29) is 5.78 Å². The number of halogens is 1. The van der Waals surface area contributed by atoms with Crippen LogP contribution < -0.4 is 0 Å². The number of aryl methyl sites for hydroxylation is 1. The Bertz CT molecular complexity index is 481. The minimum atomic E-state index is 0.102. The van der Waals surface area contributed by atoms with Crippen molar-refractivity contribution in [3.8, 4) is 0 Å². The standard InChI is InChI=1S/C11H11ClN4O/c12-9-6-4-8(5-7-9)10(17)2-1-3-11-13-15-16-14-11/h4-7H,1-3H2,(H,13,14,15,16). The SMILES string of the molecule is O=C(CCCc1nn[nH]n1)c1ccc(Cl)cc1. The molecule has 0 aliphatic heterocycles. The van der Waals surface area contributed by atoms with E-state index in [1.54, 1.807) is 24.3 Å². The maximum absolute atomic E-state index is 11.8. The van der Waals surface area contributed by atoms with Gasteiger partial charge in [-0.1, -0.05) is 16.8 Å². The number of nitrogens with zero attached hydrogens (tertiary/aromatic N) is 3. The second-order valence-electron chi connectivity index (χ2n) is 3.61. The molecule has 0 amide bonds. The lowest BCUT2D eigenvalue weighted by Gasteiger charge is -1.99. The first kappa shape index (κ1) is 11.7. The summed E-state index contributed by atoms with van der Waals surface area (Å²) < 4.78 is 0. The van der Waals surface area contributed by atoms with Crippen molar-refractivity contribution < 1.29 is 4.79 Å². The Balaban J connectivity index is 1.83. The Morgan fingerprint density at radius 1 is 1.29 bits per heavy atom. The normalized spacial score (nSPS) is 10.4. The second-order valence-corrected chi connectivity index (χ2v) is 4.05. The molecule has 0 spiro atoms. The monoisotopic (exact) mass is 250 g/mol. The fraction of sp³-hybridized carbons (Fsp3) is 0.273. The highest BCUT2D eigenvalue weighted by atomic mass is 35.5. The lowest BCUT2D eigenvalue weighted by Crippen LogP contribution is -2.00. The fourth-order valence-electron chi connectivity index (χ4n) is 1.48. The van der Waals surface area contributed by atoms with E-state index in [0.717, 1.165) is 0 Å². The molecule has 6 heteroatoms. The number of tetrazole rings is 1. The molecular weight excluding hydrogens is 240 g/mol. The number of carbonyl (C=O) groups is 1. The zero-order valence-corrected chi connectivity index (χ0v) is 9.81. The van der Waals surface area contributed by atoms with E-state index in [1.807, 2.05) is 0 Å². The van der Waals surface area contributed by atoms with Gasteiger partial charge in [-0.3, -0.25) is 4.79 Å². The molecule has 0 saturated heterocycles. The second kappa shape index (κ2) is 5.54. The average molecular weight is 251 g/mol. The Hall–Kier alpha value is -1.75. The van der Waals surface area contributed by atoms with Gasteiger partial charge in [0.1, 0.15) is 0 Å². The Kier molecular flexibility index (Phi) is 3.82. The first-order chi connectivity index (χ1) is 8.25. The van der Waals surface area contributed by atoms with Gasteiger partial charge in [-0.2, -0.15) is 5.21 Å². The molecule has 0 fully saturated rings. The first-order valence-corrected chi connectivity index (χ1v) is 5.64. The Labute approximate surface area is 103 Å². The highest BCUT2D eigenvalue weighted by Gasteiger charge is 2.06. The van der Waals surface area contributed by atoms with Crippen molar-refractivity contribution in [3.63, 3.8) is 0 Å². The number of carbonyl (C=O) groups excluding carboxylic acids is 1. The molecule has 2 rings (SSSR count). The van der Waals surface area contributed by atoms with E-state index >= 15 is 0 Å². The Morgan fingerprint density at radius 3 is 2.71 bits per heavy atom. The highest BCUT2D eigenvalue weighted by molar-refractivity contribution is 6.30. The minimum absolute atomic E-state index is 0.102. The van der Waals surface area contributed by atoms with Gasteiger partial charge in [0.2, 0.25) is 0 Å². The maximum Gasteiger partial charge on any atom is 0.174 e. The zero-order chi connectivity index (χ0) is 12.1. The van der Waals surface area contributed by atoms with Gasteiger partial charge >= 0.3 is 0 Å². The van der Waals surface area contributed by atoms with Crippen molar-refractivity contribution in [1.82, 2.24) is 20.6 Å². The van der Waals surface area contributed by atoms with Crippen LogP contribution in [0.4, 0.5) is 0 Å². The largest absolute Gasteiger partial charge is 0.294 e. The summed E-state index contributed by atoms with van der Waals surface area (Å²) in [4.78, 5) is 11.8. The predicted octanol–water partition coefficient (Wildman–Crippen LogP) is 2.06. The topological polar surface area (TPSA) is 71.5 Å². The number of benzene rings is 1. The summed E-state index contributed by atoms with van der Waals surface area (Å²) in [7, 11) is 0. The molecule has 0 radical (unpaired) electrons. The summed E-state index contributed by atoms with van der Waals surface area (Å²) in [6.07, 6.45) is 1.83. The van der Waals surface area contributed by atoms with Gasteiger partial charge in [-0.15, -0.1) is 10.2 Å². The smallest absolute Gasteiger partial charge is 0.174 e. The molecule has 1 aromatic heterocycles. The van der Waals surface area contributed by atoms with E-state index in [4.69, 9.17) is 11.6 Å². The van der Waals surface area contributed by atoms with E-state index in [1.165, 1.54) is 0 Å². The molecular formula is C11H11ClN4O. The van der Waals surface area contributed by atoms with Crippen molar-refractivity contribution in [2.24, 2.45) is 0 Å². The molecule has 0 unspecified atom stereocenters. The number of ketones is 1. The molecule has 0 atom stereocenters. The van der Waals surface area contributed by atoms with Gasteiger partial charge in [0.05, 0.1) is 0 Å². The summed E-state index contributed by atoms with van der Waals surface area (Å²) in [6.45, 7) is 0. The molecule has 88 valence electrons. The van der Waals surface area contributed by atoms with E-state index in [9.17, 15) is 4.79 Å². The van der Waals surface area contributed by atoms with E-state index in [0.29, 0.717) is 35.7 Å². The number of rotatable bonds is 5. The van der Waals surface area contributed by atoms with Crippen LogP contribution in [0.3, 0.4) is 0 Å². The zero-order valence-electron chi connectivity index (χ0n) is 9.06. The van der Waals surface area contributed by atoms with Crippen LogP contribution in [0.1, 0.15) is 29.0 Å². The van der Waals surface area contributed by atoms with Gasteiger partial charge in [0.15, 0.2) is 11.6 Å². The molecule has 17 heavy (non-hydrogen) atoms. The lowest BCUT2D eigenvalue weighted by molar-refractivity contribution is 0.0980. The average Bonchev–Trinajstić information content (AvgIpc) is 2.83. The molecule has 2 aromatic rings. The van der Waals surface area contributed by atoms with Crippen LogP contribution in [0, 0.1) is 0 Å². The van der Waals surface area contributed by atoms with Gasteiger partial charge < -0.3 is 0 Å². The molecule has 0 aliphatic rings. The van der Waals surface area contributed by atoms with Crippen LogP contribution in [-0.4, -0.2) is 26.4 Å². The van der Waals surface area contributed by atoms with Gasteiger partial charge in [0, 0.05) is 23.4 Å². The molecule has 0 aliphatic carbocycles. The number of Topliss-reactive ketones (excluding diaryl/α,β-unsaturated/α-hetero) is 1. The summed E-state index contributed by atoms with van der Waals surface area (Å²) >= 11 is 5.75. The molecule has 1 N–H and O–H groups in total. The third-order valence-electron chi connectivity index (χ3n) is 2.36. The maximum atomic E-state index is 11.8. The Morgan fingerprint density at radius 2 is 2.06 bits per heavy atom. The lowest BCUT2D eigenvalue weighted by atomic mass is 10.1.